The Morgan fingerprint density at radius 2 is 1.07 bits per heavy atom. The molecule has 0 bridgehead atoms. The molecule has 3 rings (SSSR count). The molecule has 0 fully saturated rings. The van der Waals surface area contributed by atoms with Crippen LogP contribution in [-0.4, -0.2) is 33.9 Å². The summed E-state index contributed by atoms with van der Waals surface area (Å²) in [5.74, 6) is 0.554. The van der Waals surface area contributed by atoms with Gasteiger partial charge >= 0.3 is 0 Å². The van der Waals surface area contributed by atoms with Crippen molar-refractivity contribution in [2.24, 2.45) is 16.7 Å². The Morgan fingerprint density at radius 1 is 0.622 bits per heavy atom. The van der Waals surface area contributed by atoms with Crippen LogP contribution < -0.4 is 0 Å². The van der Waals surface area contributed by atoms with Gasteiger partial charge < -0.3 is 9.15 Å². The van der Waals surface area contributed by atoms with Crippen molar-refractivity contribution < 1.29 is 13.7 Å². The Kier molecular flexibility index (Phi) is 47.7. The average molecular weight is 630 g/mol. The van der Waals surface area contributed by atoms with Crippen molar-refractivity contribution in [2.75, 3.05) is 0 Å². The van der Waals surface area contributed by atoms with Gasteiger partial charge in [0.15, 0.2) is 0 Å². The lowest BCUT2D eigenvalue weighted by molar-refractivity contribution is -0.433. The van der Waals surface area contributed by atoms with Gasteiger partial charge in [0.1, 0.15) is 6.04 Å². The highest BCUT2D eigenvalue weighted by molar-refractivity contribution is 5.30. The lowest BCUT2D eigenvalue weighted by Gasteiger charge is -2.25. The smallest absolute Gasteiger partial charge is 0.102 e. The Balaban J connectivity index is -0.0000000815. The van der Waals surface area contributed by atoms with Crippen molar-refractivity contribution in [1.29, 1.82) is 0 Å². The van der Waals surface area contributed by atoms with Crippen molar-refractivity contribution in [1.82, 2.24) is 0 Å². The number of hydrogen-bond acceptors (Lipinski definition) is 0. The molecule has 0 aromatic rings. The molecule has 0 aliphatic carbocycles. The lowest BCUT2D eigenvalue weighted by Crippen LogP contribution is -2.16. The summed E-state index contributed by atoms with van der Waals surface area (Å²) < 4.78 is 5.54. The highest BCUT2D eigenvalue weighted by atomic mass is 15.0. The zero-order valence-electron chi connectivity index (χ0n) is 33.5. The van der Waals surface area contributed by atoms with Crippen molar-refractivity contribution in [3.8, 4) is 0 Å². The van der Waals surface area contributed by atoms with Gasteiger partial charge in [-0.25, -0.2) is 0 Å². The first-order chi connectivity index (χ1) is 20.7. The zero-order chi connectivity index (χ0) is 36.5. The van der Waals surface area contributed by atoms with E-state index in [0.717, 1.165) is 0 Å². The fourth-order valence-electron chi connectivity index (χ4n) is 2.94. The third-order valence-corrected chi connectivity index (χ3v) is 5.05. The maximum absolute atomic E-state index is 3.86. The summed E-state index contributed by atoms with van der Waals surface area (Å²) in [6.45, 7) is 56.9. The predicted octanol–water partition coefficient (Wildman–Crippen LogP) is 13.5. The summed E-state index contributed by atoms with van der Waals surface area (Å²) in [6, 6.07) is 1.27. The summed E-state index contributed by atoms with van der Waals surface area (Å²) >= 11 is 0. The summed E-state index contributed by atoms with van der Waals surface area (Å²) in [6.07, 6.45) is 20.5. The number of nitrogens with zero attached hydrogens (tertiary/aromatic N) is 3. The Hall–Kier alpha value is -2.94. The van der Waals surface area contributed by atoms with E-state index in [0.29, 0.717) is 5.92 Å². The second-order valence-electron chi connectivity index (χ2n) is 10.5. The minimum absolute atomic E-state index is 0. The van der Waals surface area contributed by atoms with Crippen LogP contribution in [0.15, 0.2) is 72.3 Å². The second kappa shape index (κ2) is 37.2. The van der Waals surface area contributed by atoms with Gasteiger partial charge in [-0.15, -0.1) is 17.7 Å². The molecule has 3 heterocycles. The number of hydrogen-bond donors (Lipinski definition) is 0. The van der Waals surface area contributed by atoms with Crippen LogP contribution in [0.1, 0.15) is 146 Å². The minimum Gasteiger partial charge on any atom is -0.301 e. The van der Waals surface area contributed by atoms with Crippen molar-refractivity contribution in [2.45, 2.75) is 146 Å². The van der Waals surface area contributed by atoms with E-state index in [-0.39, 0.29) is 18.3 Å². The lowest BCUT2D eigenvalue weighted by atomic mass is 9.85. The zero-order valence-corrected chi connectivity index (χ0v) is 33.5. The van der Waals surface area contributed by atoms with E-state index in [9.17, 15) is 0 Å². The van der Waals surface area contributed by atoms with E-state index in [1.54, 1.807) is 4.58 Å². The molecule has 0 N–H and O–H groups in total. The van der Waals surface area contributed by atoms with E-state index < -0.39 is 0 Å². The van der Waals surface area contributed by atoms with E-state index in [1.807, 2.05) is 136 Å². The third kappa shape index (κ3) is 32.3. The molecular weight excluding hydrogens is 546 g/mol. The van der Waals surface area contributed by atoms with Crippen LogP contribution in [0.2, 0.25) is 0 Å². The molecule has 3 aliphatic rings. The number of allylic oxidation sites excluding steroid dienone is 6. The average Bonchev–Trinajstić information content (AvgIpc) is 3.03. The molecule has 0 radical (unpaired) electrons. The first kappa shape index (κ1) is 57.7. The van der Waals surface area contributed by atoms with Crippen LogP contribution in [0.25, 0.3) is 0 Å². The van der Waals surface area contributed by atoms with Crippen LogP contribution >= 0.6 is 0 Å². The van der Waals surface area contributed by atoms with Crippen molar-refractivity contribution in [3.05, 3.63) is 91.4 Å². The summed E-state index contributed by atoms with van der Waals surface area (Å²) in [4.78, 5) is 0. The van der Waals surface area contributed by atoms with E-state index in [4.69, 9.17) is 0 Å². The molecule has 3 heteroatoms. The van der Waals surface area contributed by atoms with Gasteiger partial charge in [-0.1, -0.05) is 182 Å². The van der Waals surface area contributed by atoms with Gasteiger partial charge in [0, 0.05) is 5.92 Å². The fraction of sp³-hybridized carbons (Fsp3) is 0.571. The molecule has 45 heavy (non-hydrogen) atoms. The van der Waals surface area contributed by atoms with E-state index in [2.05, 4.69) is 106 Å². The summed E-state index contributed by atoms with van der Waals surface area (Å²) in [5.41, 5.74) is 3.13. The van der Waals surface area contributed by atoms with E-state index in [1.165, 1.54) is 17.2 Å². The molecule has 0 unspecified atom stereocenters. The molecule has 0 atom stereocenters. The molecule has 3 nitrogen and oxygen atoms in total. The number of rotatable bonds is 1. The van der Waals surface area contributed by atoms with Crippen molar-refractivity contribution >= 4 is 20.2 Å². The summed E-state index contributed by atoms with van der Waals surface area (Å²) in [5, 5.41) is 0. The molecule has 266 valence electrons. The highest BCUT2D eigenvalue weighted by Gasteiger charge is 2.15. The normalized spacial score (nSPS) is 13.3. The molecular formula is C42H83N3. The topological polar surface area (TPSA) is 9.03 Å². The van der Waals surface area contributed by atoms with Gasteiger partial charge in [0.25, 0.3) is 0 Å². The minimum atomic E-state index is 0. The second-order valence-corrected chi connectivity index (χ2v) is 10.5. The van der Waals surface area contributed by atoms with Crippen LogP contribution in [0, 0.1) is 35.9 Å². The maximum atomic E-state index is 3.86. The Morgan fingerprint density at radius 3 is 1.33 bits per heavy atom. The molecule has 0 aromatic heterocycles. The Labute approximate surface area is 287 Å². The molecule has 0 saturated carbocycles. The first-order valence-corrected chi connectivity index (χ1v) is 17.2. The maximum Gasteiger partial charge on any atom is 0.102 e. The van der Waals surface area contributed by atoms with Gasteiger partial charge in [0.2, 0.25) is 0 Å². The van der Waals surface area contributed by atoms with Gasteiger partial charge in [0.05, 0.1) is 51.8 Å². The van der Waals surface area contributed by atoms with E-state index >= 15 is 0 Å². The molecule has 0 spiro atoms. The molecule has 0 saturated heterocycles. The largest absolute Gasteiger partial charge is 0.301 e. The van der Waals surface area contributed by atoms with Crippen LogP contribution in [-0.2, 0) is 0 Å². The molecule has 3 aliphatic heterocycles. The quantitative estimate of drug-likeness (QED) is 0.202. The van der Waals surface area contributed by atoms with Crippen LogP contribution in [0.5, 0.6) is 0 Å². The SMILES string of the molecule is C.C=[N+]1C=C(C(C)(C)C)C=C[CH-]1.C=[N+]1C=CC(C(C)(C)C)=C[CH-]1.C=[N+]1C=CC=C[C-]1C(C)C.CC.CC.CC.CC.CC.CC. The predicted molar refractivity (Wildman–Crippen MR) is 215 cm³/mol. The van der Waals surface area contributed by atoms with Gasteiger partial charge in [-0.3, -0.25) is 4.58 Å². The summed E-state index contributed by atoms with van der Waals surface area (Å²) in [7, 11) is 0. The Bertz CT molecular complexity index is 874. The van der Waals surface area contributed by atoms with Crippen LogP contribution in [0.3, 0.4) is 0 Å². The first-order valence-electron chi connectivity index (χ1n) is 17.2. The highest BCUT2D eigenvalue weighted by Crippen LogP contribution is 2.28. The molecule has 0 amide bonds. The van der Waals surface area contributed by atoms with Gasteiger partial charge in [-0.2, -0.15) is 0 Å². The monoisotopic (exact) mass is 630 g/mol. The van der Waals surface area contributed by atoms with Crippen LogP contribution in [0.4, 0.5) is 0 Å². The van der Waals surface area contributed by atoms with Gasteiger partial charge in [-0.05, 0) is 10.8 Å². The fourth-order valence-corrected chi connectivity index (χ4v) is 2.94. The van der Waals surface area contributed by atoms with Crippen molar-refractivity contribution in [3.63, 3.8) is 0 Å². The molecule has 0 aromatic carbocycles. The third-order valence-electron chi connectivity index (χ3n) is 5.05. The standard InChI is InChI=1S/2C10H15N.C9H13N.6C2H6.CH4/c1-10(2,3)9-5-7-11(4)8-6-9;1-10(2,3)9-6-5-7-11(4)8-9;1-8(2)9-6-4-5-7-10(9)3;6*1-2;/h2*5-8H,4H2,1-3H3;4-8H,3H2,1-2H3;6*1-2H3;1H4.